The number of benzene rings is 9. The highest BCUT2D eigenvalue weighted by Crippen LogP contribution is 2.38. The van der Waals surface area contributed by atoms with Crippen LogP contribution in [0.4, 0.5) is 51.2 Å². The molecule has 0 fully saturated rings. The van der Waals surface area contributed by atoms with Crippen LogP contribution in [-0.2, 0) is 0 Å². The second-order valence-electron chi connectivity index (χ2n) is 17.3. The van der Waals surface area contributed by atoms with Crippen molar-refractivity contribution in [3.05, 3.63) is 263 Å². The normalized spacial score (nSPS) is 11.2. The van der Waals surface area contributed by atoms with Gasteiger partial charge in [0.2, 0.25) is 0 Å². The minimum atomic E-state index is 0.625. The molecule has 0 radical (unpaired) electrons. The van der Waals surface area contributed by atoms with Gasteiger partial charge in [-0.2, -0.15) is 0 Å². The molecule has 0 saturated heterocycles. The van der Waals surface area contributed by atoms with Crippen LogP contribution >= 0.6 is 0 Å². The highest BCUT2D eigenvalue weighted by Gasteiger charge is 2.15. The maximum atomic E-state index is 5.80. The van der Waals surface area contributed by atoms with Crippen LogP contribution in [0.2, 0.25) is 0 Å². The predicted molar refractivity (Wildman–Crippen MR) is 291 cm³/mol. The standard InChI is InChI=1S/C64H57N3O/c1-6-68-64-45-43-63(44-46-64)67(61-39-23-53(24-40-61)17-15-51-19-35-59(36-20-51)65(55-27-7-47(2)8-28-55)56-29-9-48(3)10-30-56)62-41-25-54(26-42-62)18-16-52-21-37-60(38-22-52)66(57-31-11-49(4)12-32-57)58-33-13-50(5)14-34-58/h7-46H,6H2,1-5H3/b17-15+,18-16+. The highest BCUT2D eigenvalue weighted by atomic mass is 16.5. The second kappa shape index (κ2) is 20.9. The van der Waals surface area contributed by atoms with Crippen molar-refractivity contribution in [3.8, 4) is 5.75 Å². The number of nitrogens with zero attached hydrogens (tertiary/aromatic N) is 3. The SMILES string of the molecule is CCOc1ccc(N(c2ccc(/C=C/c3ccc(N(c4ccc(C)cc4)c4ccc(C)cc4)cc3)cc2)c2ccc(/C=C/c3ccc(N(c4ccc(C)cc4)c4ccc(C)cc4)cc3)cc2)cc1. The Morgan fingerprint density at radius 3 is 0.632 bits per heavy atom. The number of hydrogen-bond donors (Lipinski definition) is 0. The summed E-state index contributed by atoms with van der Waals surface area (Å²) in [6.07, 6.45) is 8.71. The van der Waals surface area contributed by atoms with Crippen LogP contribution < -0.4 is 19.4 Å². The van der Waals surface area contributed by atoms with Crippen LogP contribution in [0.5, 0.6) is 5.75 Å². The molecule has 0 aliphatic carbocycles. The van der Waals surface area contributed by atoms with Crippen LogP contribution in [0.25, 0.3) is 24.3 Å². The van der Waals surface area contributed by atoms with Crippen LogP contribution in [0.3, 0.4) is 0 Å². The van der Waals surface area contributed by atoms with Gasteiger partial charge in [-0.25, -0.2) is 0 Å². The number of hydrogen-bond acceptors (Lipinski definition) is 4. The minimum absolute atomic E-state index is 0.625. The van der Waals surface area contributed by atoms with Gasteiger partial charge in [-0.3, -0.25) is 0 Å². The molecule has 334 valence electrons. The zero-order chi connectivity index (χ0) is 46.8. The third kappa shape index (κ3) is 10.8. The molecule has 0 amide bonds. The largest absolute Gasteiger partial charge is 0.494 e. The fourth-order valence-corrected chi connectivity index (χ4v) is 8.30. The van der Waals surface area contributed by atoms with E-state index in [-0.39, 0.29) is 0 Å². The van der Waals surface area contributed by atoms with Crippen LogP contribution in [0.15, 0.2) is 218 Å². The fraction of sp³-hybridized carbons (Fsp3) is 0.0938. The molecule has 0 aliphatic heterocycles. The number of aryl methyl sites for hydroxylation is 4. The Balaban J connectivity index is 0.918. The first-order valence-corrected chi connectivity index (χ1v) is 23.4. The smallest absolute Gasteiger partial charge is 0.119 e. The van der Waals surface area contributed by atoms with E-state index >= 15 is 0 Å². The summed E-state index contributed by atoms with van der Waals surface area (Å²) in [6.45, 7) is 11.1. The zero-order valence-corrected chi connectivity index (χ0v) is 39.6. The molecule has 68 heavy (non-hydrogen) atoms. The van der Waals surface area contributed by atoms with Gasteiger partial charge in [-0.05, 0) is 178 Å². The van der Waals surface area contributed by atoms with Gasteiger partial charge in [-0.15, -0.1) is 0 Å². The zero-order valence-electron chi connectivity index (χ0n) is 39.6. The summed E-state index contributed by atoms with van der Waals surface area (Å²) in [6, 6.07) is 78.2. The molecular formula is C64H57N3O. The molecule has 0 atom stereocenters. The summed E-state index contributed by atoms with van der Waals surface area (Å²) in [5.41, 5.74) is 19.4. The lowest BCUT2D eigenvalue weighted by Gasteiger charge is -2.26. The Kier molecular flexibility index (Phi) is 13.8. The van der Waals surface area contributed by atoms with Crippen molar-refractivity contribution < 1.29 is 4.74 Å². The van der Waals surface area contributed by atoms with E-state index in [1.807, 2.05) is 19.1 Å². The number of anilines is 9. The molecule has 0 bridgehead atoms. The van der Waals surface area contributed by atoms with Crippen molar-refractivity contribution >= 4 is 75.5 Å². The van der Waals surface area contributed by atoms with Gasteiger partial charge in [-0.1, -0.05) is 144 Å². The Hall–Kier alpha value is -8.34. The molecule has 0 saturated carbocycles. The first-order chi connectivity index (χ1) is 33.3. The van der Waals surface area contributed by atoms with E-state index < -0.39 is 0 Å². The maximum absolute atomic E-state index is 5.80. The van der Waals surface area contributed by atoms with Crippen molar-refractivity contribution in [2.75, 3.05) is 21.3 Å². The minimum Gasteiger partial charge on any atom is -0.494 e. The van der Waals surface area contributed by atoms with Gasteiger partial charge in [0.1, 0.15) is 5.75 Å². The lowest BCUT2D eigenvalue weighted by Crippen LogP contribution is -2.10. The molecule has 0 N–H and O–H groups in total. The van der Waals surface area contributed by atoms with Gasteiger partial charge in [0, 0.05) is 51.2 Å². The topological polar surface area (TPSA) is 19.0 Å². The summed E-state index contributed by atoms with van der Waals surface area (Å²) in [4.78, 5) is 6.90. The molecule has 0 heterocycles. The Morgan fingerprint density at radius 2 is 0.441 bits per heavy atom. The molecule has 9 rings (SSSR count). The summed E-state index contributed by atoms with van der Waals surface area (Å²) < 4.78 is 5.80. The van der Waals surface area contributed by atoms with Crippen molar-refractivity contribution in [1.82, 2.24) is 0 Å². The highest BCUT2D eigenvalue weighted by molar-refractivity contribution is 5.82. The van der Waals surface area contributed by atoms with E-state index in [1.165, 1.54) is 22.3 Å². The molecule has 0 aromatic heterocycles. The lowest BCUT2D eigenvalue weighted by molar-refractivity contribution is 0.340. The second-order valence-corrected chi connectivity index (χ2v) is 17.3. The summed E-state index contributed by atoms with van der Waals surface area (Å²) in [7, 11) is 0. The average molecular weight is 884 g/mol. The first-order valence-electron chi connectivity index (χ1n) is 23.4. The fourth-order valence-electron chi connectivity index (χ4n) is 8.30. The van der Waals surface area contributed by atoms with Gasteiger partial charge in [0.05, 0.1) is 6.61 Å². The van der Waals surface area contributed by atoms with Gasteiger partial charge >= 0.3 is 0 Å². The third-order valence-corrected chi connectivity index (χ3v) is 12.1. The van der Waals surface area contributed by atoms with Crippen LogP contribution in [-0.4, -0.2) is 6.61 Å². The van der Waals surface area contributed by atoms with Gasteiger partial charge in [0.15, 0.2) is 0 Å². The van der Waals surface area contributed by atoms with Crippen molar-refractivity contribution in [3.63, 3.8) is 0 Å². The van der Waals surface area contributed by atoms with Crippen molar-refractivity contribution in [2.24, 2.45) is 0 Å². The Bertz CT molecular complexity index is 2800. The summed E-state index contributed by atoms with van der Waals surface area (Å²) in [5, 5.41) is 0. The van der Waals surface area contributed by atoms with Gasteiger partial charge in [0.25, 0.3) is 0 Å². The molecule has 0 aliphatic rings. The van der Waals surface area contributed by atoms with E-state index in [4.69, 9.17) is 4.74 Å². The molecule has 0 spiro atoms. The summed E-state index contributed by atoms with van der Waals surface area (Å²) in [5.74, 6) is 0.856. The molecule has 4 nitrogen and oxygen atoms in total. The van der Waals surface area contributed by atoms with E-state index in [9.17, 15) is 0 Å². The first kappa shape index (κ1) is 44.8. The van der Waals surface area contributed by atoms with Gasteiger partial charge < -0.3 is 19.4 Å². The van der Waals surface area contributed by atoms with Crippen molar-refractivity contribution in [1.29, 1.82) is 0 Å². The van der Waals surface area contributed by atoms with E-state index in [2.05, 4.69) is 273 Å². The average Bonchev–Trinajstić information content (AvgIpc) is 3.37. The number of ether oxygens (including phenoxy) is 1. The number of rotatable bonds is 15. The Morgan fingerprint density at radius 1 is 0.265 bits per heavy atom. The van der Waals surface area contributed by atoms with E-state index in [1.54, 1.807) is 0 Å². The maximum Gasteiger partial charge on any atom is 0.119 e. The lowest BCUT2D eigenvalue weighted by atomic mass is 10.1. The molecule has 0 unspecified atom stereocenters. The molecular weight excluding hydrogens is 827 g/mol. The van der Waals surface area contributed by atoms with Crippen molar-refractivity contribution in [2.45, 2.75) is 34.6 Å². The van der Waals surface area contributed by atoms with E-state index in [0.717, 1.165) is 79.2 Å². The molecule has 9 aromatic carbocycles. The Labute approximate surface area is 403 Å². The van der Waals surface area contributed by atoms with Crippen LogP contribution in [0.1, 0.15) is 51.4 Å². The third-order valence-electron chi connectivity index (χ3n) is 12.1. The monoisotopic (exact) mass is 883 g/mol. The summed E-state index contributed by atoms with van der Waals surface area (Å²) >= 11 is 0. The van der Waals surface area contributed by atoms with E-state index in [0.29, 0.717) is 6.61 Å². The molecule has 4 heteroatoms. The predicted octanol–water partition coefficient (Wildman–Crippen LogP) is 18.1. The quantitative estimate of drug-likeness (QED) is 0.0955. The molecule has 9 aromatic rings. The van der Waals surface area contributed by atoms with Crippen LogP contribution in [0, 0.1) is 27.7 Å².